The molecule has 0 bridgehead atoms. The lowest BCUT2D eigenvalue weighted by molar-refractivity contribution is -0.114. The van der Waals surface area contributed by atoms with Gasteiger partial charge in [-0.25, -0.2) is 9.67 Å². The zero-order valence-electron chi connectivity index (χ0n) is 10.5. The summed E-state index contributed by atoms with van der Waals surface area (Å²) < 4.78 is 1.62. The highest BCUT2D eigenvalue weighted by Gasteiger charge is 2.13. The number of nitrogens with zero attached hydrogens (tertiary/aromatic N) is 4. The van der Waals surface area contributed by atoms with Crippen LogP contribution in [0.25, 0.3) is 16.7 Å². The lowest BCUT2D eigenvalue weighted by Gasteiger charge is -2.01. The predicted molar refractivity (Wildman–Crippen MR) is 76.0 cm³/mol. The van der Waals surface area contributed by atoms with Gasteiger partial charge in [-0.3, -0.25) is 4.79 Å². The first-order chi connectivity index (χ1) is 9.65. The Bertz CT molecular complexity index is 798. The van der Waals surface area contributed by atoms with E-state index in [0.29, 0.717) is 11.6 Å². The van der Waals surface area contributed by atoms with Crippen LogP contribution in [0.3, 0.4) is 0 Å². The van der Waals surface area contributed by atoms with Gasteiger partial charge < -0.3 is 5.32 Å². The molecule has 3 aromatic rings. The summed E-state index contributed by atoms with van der Waals surface area (Å²) in [6.07, 6.45) is 1.55. The van der Waals surface area contributed by atoms with Gasteiger partial charge in [-0.05, 0) is 23.7 Å². The summed E-state index contributed by atoms with van der Waals surface area (Å²) in [4.78, 5) is 19.2. The van der Waals surface area contributed by atoms with Crippen LogP contribution in [-0.4, -0.2) is 25.7 Å². The van der Waals surface area contributed by atoms with Crippen molar-refractivity contribution >= 4 is 34.2 Å². The number of nitrogens with one attached hydrogen (secondary N) is 1. The van der Waals surface area contributed by atoms with Crippen molar-refractivity contribution < 1.29 is 4.79 Å². The lowest BCUT2D eigenvalue weighted by atomic mass is 10.2. The number of benzene rings is 1. The molecule has 3 rings (SSSR count). The number of amides is 1. The Morgan fingerprint density at radius 3 is 2.85 bits per heavy atom. The first-order valence-corrected chi connectivity index (χ1v) is 6.27. The van der Waals surface area contributed by atoms with E-state index in [1.807, 2.05) is 24.3 Å². The highest BCUT2D eigenvalue weighted by Crippen LogP contribution is 2.25. The van der Waals surface area contributed by atoms with Crippen LogP contribution in [0.2, 0.25) is 5.28 Å². The molecule has 2 aromatic heterocycles. The van der Waals surface area contributed by atoms with Crippen LogP contribution in [-0.2, 0) is 4.79 Å². The molecule has 7 heteroatoms. The van der Waals surface area contributed by atoms with E-state index in [1.54, 1.807) is 16.9 Å². The molecule has 1 N–H and O–H groups in total. The molecule has 0 fully saturated rings. The molecule has 0 aliphatic rings. The maximum atomic E-state index is 11.2. The van der Waals surface area contributed by atoms with Crippen molar-refractivity contribution in [2.45, 2.75) is 6.92 Å². The van der Waals surface area contributed by atoms with Gasteiger partial charge in [-0.2, -0.15) is 4.98 Å². The van der Waals surface area contributed by atoms with Crippen molar-refractivity contribution in [3.05, 3.63) is 41.8 Å². The summed E-state index contributed by atoms with van der Waals surface area (Å²) in [6.45, 7) is 1.44. The van der Waals surface area contributed by atoms with E-state index in [2.05, 4.69) is 20.4 Å². The third-order valence-electron chi connectivity index (χ3n) is 2.71. The molecule has 1 aromatic carbocycles. The number of hydrogen-bond acceptors (Lipinski definition) is 4. The largest absolute Gasteiger partial charge is 0.309 e. The van der Waals surface area contributed by atoms with Gasteiger partial charge in [-0.15, -0.1) is 5.10 Å². The van der Waals surface area contributed by atoms with Gasteiger partial charge in [0, 0.05) is 24.6 Å². The SMILES string of the molecule is CC(=O)Nc1nn(-c2ccnc(Cl)n2)c2ccccc12. The number of halogens is 1. The van der Waals surface area contributed by atoms with Crippen LogP contribution in [0.4, 0.5) is 5.82 Å². The molecule has 0 spiro atoms. The van der Waals surface area contributed by atoms with Crippen LogP contribution in [0.5, 0.6) is 0 Å². The normalized spacial score (nSPS) is 10.7. The van der Waals surface area contributed by atoms with Gasteiger partial charge >= 0.3 is 0 Å². The third kappa shape index (κ3) is 2.21. The zero-order valence-corrected chi connectivity index (χ0v) is 11.3. The second-order valence-corrected chi connectivity index (χ2v) is 4.48. The van der Waals surface area contributed by atoms with E-state index in [9.17, 15) is 4.79 Å². The molecule has 0 unspecified atom stereocenters. The summed E-state index contributed by atoms with van der Waals surface area (Å²) >= 11 is 5.80. The standard InChI is InChI=1S/C13H10ClN5O/c1-8(20)16-12-9-4-2-3-5-10(9)19(18-12)11-6-7-15-13(14)17-11/h2-7H,1H3,(H,16,18,20). The average molecular weight is 288 g/mol. The van der Waals surface area contributed by atoms with E-state index in [1.165, 1.54) is 6.92 Å². The molecule has 0 radical (unpaired) electrons. The average Bonchev–Trinajstić information content (AvgIpc) is 2.77. The van der Waals surface area contributed by atoms with Crippen molar-refractivity contribution in [3.8, 4) is 5.82 Å². The Labute approximate surface area is 119 Å². The summed E-state index contributed by atoms with van der Waals surface area (Å²) in [5, 5.41) is 8.05. The number of aromatic nitrogens is 4. The smallest absolute Gasteiger partial charge is 0.224 e. The van der Waals surface area contributed by atoms with E-state index in [-0.39, 0.29) is 11.2 Å². The van der Waals surface area contributed by atoms with Gasteiger partial charge in [0.05, 0.1) is 5.52 Å². The van der Waals surface area contributed by atoms with E-state index < -0.39 is 0 Å². The molecule has 1 amide bonds. The molecule has 0 aliphatic heterocycles. The number of hydrogen-bond donors (Lipinski definition) is 1. The first kappa shape index (κ1) is 12.6. The molecular formula is C13H10ClN5O. The number of carbonyl (C=O) groups is 1. The van der Waals surface area contributed by atoms with Gasteiger partial charge in [0.15, 0.2) is 11.6 Å². The predicted octanol–water partition coefficient (Wildman–Crippen LogP) is 2.43. The number of carbonyl (C=O) groups excluding carboxylic acids is 1. The van der Waals surface area contributed by atoms with Crippen molar-refractivity contribution in [1.82, 2.24) is 19.7 Å². The lowest BCUT2D eigenvalue weighted by Crippen LogP contribution is -2.07. The summed E-state index contributed by atoms with van der Waals surface area (Å²) in [6, 6.07) is 9.24. The second kappa shape index (κ2) is 4.90. The van der Waals surface area contributed by atoms with Gasteiger partial charge in [-0.1, -0.05) is 12.1 Å². The monoisotopic (exact) mass is 287 g/mol. The quantitative estimate of drug-likeness (QED) is 0.735. The van der Waals surface area contributed by atoms with Crippen LogP contribution in [0.15, 0.2) is 36.5 Å². The van der Waals surface area contributed by atoms with Crippen molar-refractivity contribution in [2.24, 2.45) is 0 Å². The molecule has 6 nitrogen and oxygen atoms in total. The highest BCUT2D eigenvalue weighted by molar-refractivity contribution is 6.28. The van der Waals surface area contributed by atoms with Gasteiger partial charge in [0.25, 0.3) is 0 Å². The Kier molecular flexibility index (Phi) is 3.08. The topological polar surface area (TPSA) is 72.7 Å². The molecule has 0 saturated heterocycles. The Morgan fingerprint density at radius 2 is 2.10 bits per heavy atom. The Morgan fingerprint density at radius 1 is 1.30 bits per heavy atom. The minimum Gasteiger partial charge on any atom is -0.309 e. The maximum absolute atomic E-state index is 11.2. The third-order valence-corrected chi connectivity index (χ3v) is 2.89. The first-order valence-electron chi connectivity index (χ1n) is 5.89. The van der Waals surface area contributed by atoms with Crippen LogP contribution in [0, 0.1) is 0 Å². The maximum Gasteiger partial charge on any atom is 0.224 e. The molecule has 0 aliphatic carbocycles. The second-order valence-electron chi connectivity index (χ2n) is 4.14. The fraction of sp³-hybridized carbons (Fsp3) is 0.0769. The summed E-state index contributed by atoms with van der Waals surface area (Å²) in [5.41, 5.74) is 0.825. The number of para-hydroxylation sites is 1. The number of rotatable bonds is 2. The molecule has 0 atom stereocenters. The van der Waals surface area contributed by atoms with E-state index in [0.717, 1.165) is 10.9 Å². The van der Waals surface area contributed by atoms with Gasteiger partial charge in [0.1, 0.15) is 0 Å². The Hall–Kier alpha value is -2.47. The van der Waals surface area contributed by atoms with Crippen molar-refractivity contribution in [1.29, 1.82) is 0 Å². The van der Waals surface area contributed by atoms with E-state index in [4.69, 9.17) is 11.6 Å². The highest BCUT2D eigenvalue weighted by atomic mass is 35.5. The van der Waals surface area contributed by atoms with Gasteiger partial charge in [0.2, 0.25) is 11.2 Å². The van der Waals surface area contributed by atoms with Crippen LogP contribution < -0.4 is 5.32 Å². The van der Waals surface area contributed by atoms with E-state index >= 15 is 0 Å². The molecular weight excluding hydrogens is 278 g/mol. The number of anilines is 1. The summed E-state index contributed by atoms with van der Waals surface area (Å²) in [7, 11) is 0. The summed E-state index contributed by atoms with van der Waals surface area (Å²) in [5.74, 6) is 0.849. The van der Waals surface area contributed by atoms with Crippen LogP contribution in [0.1, 0.15) is 6.92 Å². The zero-order chi connectivity index (χ0) is 14.1. The number of fused-ring (bicyclic) bond motifs is 1. The Balaban J connectivity index is 2.23. The molecule has 20 heavy (non-hydrogen) atoms. The van der Waals surface area contributed by atoms with Crippen LogP contribution >= 0.6 is 11.6 Å². The fourth-order valence-electron chi connectivity index (χ4n) is 1.94. The minimum absolute atomic E-state index is 0.142. The minimum atomic E-state index is -0.180. The molecule has 100 valence electrons. The molecule has 2 heterocycles. The van der Waals surface area contributed by atoms with Crippen molar-refractivity contribution in [2.75, 3.05) is 5.32 Å². The molecule has 0 saturated carbocycles. The fourth-order valence-corrected chi connectivity index (χ4v) is 2.09. The van der Waals surface area contributed by atoms with Crippen molar-refractivity contribution in [3.63, 3.8) is 0 Å².